The van der Waals surface area contributed by atoms with E-state index in [-0.39, 0.29) is 24.1 Å². The number of piperidine rings is 1. The number of likely N-dealkylation sites (tertiary alicyclic amines) is 1. The van der Waals surface area contributed by atoms with Gasteiger partial charge in [0.1, 0.15) is 17.2 Å². The Balaban J connectivity index is 1.40. The minimum Gasteiger partial charge on any atom is -0.370 e. The molecule has 0 atom stereocenters. The molecule has 1 saturated heterocycles. The molecular formula is C30H33N7O3. The van der Waals surface area contributed by atoms with Crippen LogP contribution in [0.2, 0.25) is 0 Å². The highest BCUT2D eigenvalue weighted by atomic mass is 16.2. The number of aromatic amines is 1. The largest absolute Gasteiger partial charge is 0.370 e. The topological polar surface area (TPSA) is 146 Å². The van der Waals surface area contributed by atoms with Gasteiger partial charge in [-0.25, -0.2) is 9.97 Å². The Morgan fingerprint density at radius 1 is 1.00 bits per heavy atom. The Labute approximate surface area is 232 Å². The van der Waals surface area contributed by atoms with Crippen LogP contribution >= 0.6 is 0 Å². The number of rotatable bonds is 9. The van der Waals surface area contributed by atoms with Gasteiger partial charge in [-0.1, -0.05) is 60.7 Å². The highest BCUT2D eigenvalue weighted by molar-refractivity contribution is 6.00. The van der Waals surface area contributed by atoms with E-state index >= 15 is 0 Å². The highest BCUT2D eigenvalue weighted by Gasteiger charge is 2.38. The first kappa shape index (κ1) is 26.9. The average molecular weight is 540 g/mol. The fraction of sp³-hybridized carbons (Fsp3) is 0.300. The second-order valence-electron chi connectivity index (χ2n) is 10.1. The lowest BCUT2D eigenvalue weighted by Crippen LogP contribution is -2.53. The van der Waals surface area contributed by atoms with E-state index in [0.29, 0.717) is 67.3 Å². The molecule has 206 valence electrons. The number of aromatic nitrogens is 3. The normalized spacial score (nSPS) is 14.6. The van der Waals surface area contributed by atoms with E-state index in [1.54, 1.807) is 11.0 Å². The van der Waals surface area contributed by atoms with E-state index in [1.807, 2.05) is 60.7 Å². The summed E-state index contributed by atoms with van der Waals surface area (Å²) in [6.07, 6.45) is 2.03. The van der Waals surface area contributed by atoms with Gasteiger partial charge in [0, 0.05) is 38.5 Å². The van der Waals surface area contributed by atoms with Gasteiger partial charge in [0.05, 0.1) is 10.9 Å². The van der Waals surface area contributed by atoms with Crippen molar-refractivity contribution in [2.24, 2.45) is 5.73 Å². The van der Waals surface area contributed by atoms with Gasteiger partial charge in [0.15, 0.2) is 5.82 Å². The molecule has 4 aromatic rings. The van der Waals surface area contributed by atoms with Crippen LogP contribution in [-0.4, -0.2) is 57.2 Å². The number of hydrogen-bond donors (Lipinski definition) is 4. The summed E-state index contributed by atoms with van der Waals surface area (Å²) >= 11 is 0. The van der Waals surface area contributed by atoms with Crippen molar-refractivity contribution >= 4 is 34.6 Å². The number of hydrogen-bond acceptors (Lipinski definition) is 6. The fourth-order valence-electron chi connectivity index (χ4n) is 5.29. The Morgan fingerprint density at radius 2 is 1.68 bits per heavy atom. The Morgan fingerprint density at radius 3 is 2.33 bits per heavy atom. The lowest BCUT2D eigenvalue weighted by Gasteiger charge is -2.42. The van der Waals surface area contributed by atoms with Crippen LogP contribution in [0.15, 0.2) is 66.7 Å². The van der Waals surface area contributed by atoms with Gasteiger partial charge >= 0.3 is 0 Å². The lowest BCUT2D eigenvalue weighted by molar-refractivity contribution is -0.121. The molecule has 0 unspecified atom stereocenters. The number of primary amides is 1. The van der Waals surface area contributed by atoms with Gasteiger partial charge in [-0.15, -0.1) is 0 Å². The van der Waals surface area contributed by atoms with Gasteiger partial charge in [-0.2, -0.15) is 0 Å². The molecule has 3 amide bonds. The number of H-pyrrole nitrogens is 1. The van der Waals surface area contributed by atoms with Crippen LogP contribution in [0.3, 0.4) is 0 Å². The van der Waals surface area contributed by atoms with Gasteiger partial charge in [0.25, 0.3) is 5.91 Å². The third kappa shape index (κ3) is 5.80. The molecule has 10 nitrogen and oxygen atoms in total. The van der Waals surface area contributed by atoms with Crippen LogP contribution in [0.4, 0.5) is 5.82 Å². The van der Waals surface area contributed by atoms with E-state index in [0.717, 1.165) is 11.1 Å². The van der Waals surface area contributed by atoms with Crippen LogP contribution in [0.5, 0.6) is 0 Å². The molecular weight excluding hydrogens is 506 g/mol. The summed E-state index contributed by atoms with van der Waals surface area (Å²) in [5.41, 5.74) is 7.62. The molecule has 2 aromatic carbocycles. The second-order valence-corrected chi connectivity index (χ2v) is 10.1. The van der Waals surface area contributed by atoms with E-state index in [4.69, 9.17) is 15.7 Å². The zero-order chi connectivity index (χ0) is 28.1. The quantitative estimate of drug-likeness (QED) is 0.239. The summed E-state index contributed by atoms with van der Waals surface area (Å²) in [6.45, 7) is 3.00. The van der Waals surface area contributed by atoms with Gasteiger partial charge in [-0.05, 0) is 30.9 Å². The first-order valence-corrected chi connectivity index (χ1v) is 13.5. The minimum absolute atomic E-state index is 0.0945. The summed E-state index contributed by atoms with van der Waals surface area (Å²) in [4.78, 5) is 51.3. The Bertz CT molecular complexity index is 1510. The van der Waals surface area contributed by atoms with Crippen molar-refractivity contribution in [2.75, 3.05) is 25.0 Å². The number of carbonyl (C=O) groups is 3. The second kappa shape index (κ2) is 11.6. The smallest absolute Gasteiger partial charge is 0.270 e. The Hall–Kier alpha value is -4.73. The summed E-state index contributed by atoms with van der Waals surface area (Å²) in [7, 11) is 0. The number of anilines is 1. The monoisotopic (exact) mass is 539 g/mol. The molecule has 0 aliphatic carbocycles. The van der Waals surface area contributed by atoms with E-state index in [9.17, 15) is 14.4 Å². The third-order valence-electron chi connectivity index (χ3n) is 7.29. The molecule has 3 heterocycles. The molecule has 2 aromatic heterocycles. The zero-order valence-electron chi connectivity index (χ0n) is 22.4. The summed E-state index contributed by atoms with van der Waals surface area (Å²) < 4.78 is 0. The number of nitrogens with two attached hydrogens (primary N) is 1. The van der Waals surface area contributed by atoms with E-state index in [1.165, 1.54) is 6.92 Å². The molecule has 40 heavy (non-hydrogen) atoms. The van der Waals surface area contributed by atoms with Crippen LogP contribution in [0, 0.1) is 0 Å². The van der Waals surface area contributed by atoms with Crippen LogP contribution in [-0.2, 0) is 15.1 Å². The number of fused-ring (bicyclic) bond motifs is 1. The predicted octanol–water partition coefficient (Wildman–Crippen LogP) is 3.57. The molecule has 1 aliphatic rings. The van der Waals surface area contributed by atoms with Crippen molar-refractivity contribution < 1.29 is 14.4 Å². The van der Waals surface area contributed by atoms with Crippen molar-refractivity contribution in [1.29, 1.82) is 0 Å². The highest BCUT2D eigenvalue weighted by Crippen LogP contribution is 2.34. The van der Waals surface area contributed by atoms with Crippen molar-refractivity contribution in [3.63, 3.8) is 0 Å². The van der Waals surface area contributed by atoms with Crippen LogP contribution < -0.4 is 16.4 Å². The van der Waals surface area contributed by atoms with Crippen molar-refractivity contribution in [2.45, 2.75) is 38.1 Å². The molecule has 1 fully saturated rings. The fourth-order valence-corrected chi connectivity index (χ4v) is 5.29. The van der Waals surface area contributed by atoms with Crippen molar-refractivity contribution in [3.8, 4) is 11.4 Å². The maximum atomic E-state index is 13.6. The van der Waals surface area contributed by atoms with E-state index in [2.05, 4.69) is 15.6 Å². The third-order valence-corrected chi connectivity index (χ3v) is 7.29. The molecule has 0 bridgehead atoms. The first-order valence-electron chi connectivity index (χ1n) is 13.5. The van der Waals surface area contributed by atoms with Gasteiger partial charge < -0.3 is 26.3 Å². The summed E-state index contributed by atoms with van der Waals surface area (Å²) in [5, 5.41) is 7.13. The average Bonchev–Trinajstić information content (AvgIpc) is 3.40. The lowest BCUT2D eigenvalue weighted by atomic mass is 9.80. The van der Waals surface area contributed by atoms with E-state index < -0.39 is 5.54 Å². The standard InChI is InChI=1S/C30H33N7O3/c1-20(38)36-30(22-11-6-3-7-12-22)14-17-37(18-15-30)29(40)24-19-23-27(32-16-8-13-25(31)39)34-26(35-28(23)33-24)21-9-4-2-5-10-21/h2-7,9-12,19H,8,13-18H2,1H3,(H2,31,39)(H,36,38)(H2,32,33,34,35). The minimum atomic E-state index is -0.512. The SMILES string of the molecule is CC(=O)NC1(c2ccccc2)CCN(C(=O)c2cc3c(NCCCC(N)=O)nc(-c4ccccc4)nc3[nH]2)CC1. The molecule has 1 aliphatic heterocycles. The number of amides is 3. The Kier molecular flexibility index (Phi) is 7.77. The van der Waals surface area contributed by atoms with Crippen LogP contribution in [0.25, 0.3) is 22.4 Å². The summed E-state index contributed by atoms with van der Waals surface area (Å²) in [5.74, 6) is 0.514. The van der Waals surface area contributed by atoms with Gasteiger partial charge in [0.2, 0.25) is 11.8 Å². The van der Waals surface area contributed by atoms with Crippen molar-refractivity contribution in [1.82, 2.24) is 25.2 Å². The predicted molar refractivity (Wildman–Crippen MR) is 153 cm³/mol. The molecule has 0 radical (unpaired) electrons. The molecule has 0 spiro atoms. The van der Waals surface area contributed by atoms with Crippen molar-refractivity contribution in [3.05, 3.63) is 78.0 Å². The molecule has 5 rings (SSSR count). The number of benzene rings is 2. The maximum Gasteiger partial charge on any atom is 0.270 e. The molecule has 0 saturated carbocycles. The number of carbonyl (C=O) groups excluding carboxylic acids is 3. The zero-order valence-corrected chi connectivity index (χ0v) is 22.4. The maximum absolute atomic E-state index is 13.6. The molecule has 5 N–H and O–H groups in total. The number of nitrogens with one attached hydrogen (secondary N) is 3. The molecule has 10 heteroatoms. The van der Waals surface area contributed by atoms with Gasteiger partial charge in [-0.3, -0.25) is 14.4 Å². The van der Waals surface area contributed by atoms with Crippen LogP contribution in [0.1, 0.15) is 48.7 Å². The first-order chi connectivity index (χ1) is 19.3. The number of nitrogens with zero attached hydrogens (tertiary/aromatic N) is 3. The summed E-state index contributed by atoms with van der Waals surface area (Å²) in [6, 6.07) is 21.3.